The Morgan fingerprint density at radius 1 is 1.15 bits per heavy atom. The van der Waals surface area contributed by atoms with Crippen LogP contribution in [0.25, 0.3) is 0 Å². The van der Waals surface area contributed by atoms with Crippen molar-refractivity contribution in [3.8, 4) is 0 Å². The molecule has 1 amide bonds. The van der Waals surface area contributed by atoms with Gasteiger partial charge < -0.3 is 16.0 Å². The number of guanidine groups is 1. The van der Waals surface area contributed by atoms with Crippen molar-refractivity contribution in [2.45, 2.75) is 65.8 Å². The lowest BCUT2D eigenvalue weighted by atomic mass is 10.1. The van der Waals surface area contributed by atoms with Crippen molar-refractivity contribution in [1.29, 1.82) is 0 Å². The quantitative estimate of drug-likeness (QED) is 0.327. The summed E-state index contributed by atoms with van der Waals surface area (Å²) in [7, 11) is 0. The van der Waals surface area contributed by atoms with E-state index in [0.717, 1.165) is 18.9 Å². The number of nitrogens with one attached hydrogen (secondary N) is 3. The monoisotopic (exact) mass is 284 g/mol. The molecule has 0 heterocycles. The summed E-state index contributed by atoms with van der Waals surface area (Å²) in [6, 6.07) is 0.422. The molecule has 3 N–H and O–H groups in total. The highest BCUT2D eigenvalue weighted by molar-refractivity contribution is 5.80. The zero-order valence-corrected chi connectivity index (χ0v) is 13.6. The predicted molar refractivity (Wildman–Crippen MR) is 86.0 cm³/mol. The van der Waals surface area contributed by atoms with Gasteiger partial charge >= 0.3 is 0 Å². The van der Waals surface area contributed by atoms with Crippen molar-refractivity contribution < 1.29 is 4.79 Å². The molecule has 0 aromatic heterocycles. The molecule has 0 rings (SSSR count). The molecule has 1 atom stereocenters. The zero-order chi connectivity index (χ0) is 15.2. The van der Waals surface area contributed by atoms with Crippen LogP contribution in [0.5, 0.6) is 0 Å². The maximum atomic E-state index is 10.8. The van der Waals surface area contributed by atoms with Gasteiger partial charge in [0.1, 0.15) is 0 Å². The predicted octanol–water partition coefficient (Wildman–Crippen LogP) is 2.04. The molecule has 1 unspecified atom stereocenters. The van der Waals surface area contributed by atoms with Gasteiger partial charge in [-0.05, 0) is 20.3 Å². The molecular formula is C15H32N4O. The maximum absolute atomic E-state index is 10.8. The first-order chi connectivity index (χ1) is 9.60. The second kappa shape index (κ2) is 12.8. The minimum atomic E-state index is -0.0116. The van der Waals surface area contributed by atoms with Crippen molar-refractivity contribution in [3.63, 3.8) is 0 Å². The van der Waals surface area contributed by atoms with Crippen molar-refractivity contribution in [2.24, 2.45) is 4.99 Å². The molecule has 0 aromatic carbocycles. The highest BCUT2D eigenvalue weighted by atomic mass is 16.1. The molecule has 0 aliphatic heterocycles. The third kappa shape index (κ3) is 11.8. The second-order valence-corrected chi connectivity index (χ2v) is 5.14. The standard InChI is InChI=1S/C15H32N4O/c1-5-7-8-9-10-13(3)19-15(16-6-2)18-12-11-17-14(4)20/h13H,5-12H2,1-4H3,(H,17,20)(H2,16,18,19). The van der Waals surface area contributed by atoms with Crippen molar-refractivity contribution in [2.75, 3.05) is 19.6 Å². The topological polar surface area (TPSA) is 65.5 Å². The fraction of sp³-hybridized carbons (Fsp3) is 0.867. The van der Waals surface area contributed by atoms with Gasteiger partial charge in [0.25, 0.3) is 0 Å². The Kier molecular flexibility index (Phi) is 12.0. The minimum Gasteiger partial charge on any atom is -0.357 e. The van der Waals surface area contributed by atoms with Gasteiger partial charge in [0.2, 0.25) is 5.91 Å². The van der Waals surface area contributed by atoms with Crippen molar-refractivity contribution in [1.82, 2.24) is 16.0 Å². The molecule has 0 bridgehead atoms. The van der Waals surface area contributed by atoms with E-state index in [1.807, 2.05) is 0 Å². The first kappa shape index (κ1) is 18.7. The first-order valence-corrected chi connectivity index (χ1v) is 7.89. The smallest absolute Gasteiger partial charge is 0.216 e. The normalized spacial score (nSPS) is 12.9. The molecule has 0 fully saturated rings. The van der Waals surface area contributed by atoms with Crippen LogP contribution in [-0.4, -0.2) is 37.5 Å². The van der Waals surface area contributed by atoms with Gasteiger partial charge in [0, 0.05) is 26.1 Å². The summed E-state index contributed by atoms with van der Waals surface area (Å²) in [6.07, 6.45) is 6.31. The van der Waals surface area contributed by atoms with Gasteiger partial charge in [-0.1, -0.05) is 32.6 Å². The van der Waals surface area contributed by atoms with Crippen LogP contribution in [0.3, 0.4) is 0 Å². The van der Waals surface area contributed by atoms with Crippen LogP contribution in [0, 0.1) is 0 Å². The van der Waals surface area contributed by atoms with E-state index in [0.29, 0.717) is 19.1 Å². The van der Waals surface area contributed by atoms with Gasteiger partial charge in [-0.25, -0.2) is 0 Å². The van der Waals surface area contributed by atoms with E-state index >= 15 is 0 Å². The maximum Gasteiger partial charge on any atom is 0.216 e. The molecule has 0 saturated carbocycles. The van der Waals surface area contributed by atoms with Gasteiger partial charge in [0.05, 0.1) is 6.54 Å². The van der Waals surface area contributed by atoms with E-state index in [-0.39, 0.29) is 5.91 Å². The number of aliphatic imine (C=N–C) groups is 1. The molecule has 5 heteroatoms. The Morgan fingerprint density at radius 3 is 2.50 bits per heavy atom. The van der Waals surface area contributed by atoms with Crippen LogP contribution in [-0.2, 0) is 4.79 Å². The van der Waals surface area contributed by atoms with E-state index in [9.17, 15) is 4.79 Å². The number of rotatable bonds is 10. The number of carbonyl (C=O) groups excluding carboxylic acids is 1. The highest BCUT2D eigenvalue weighted by Gasteiger charge is 2.04. The minimum absolute atomic E-state index is 0.0116. The lowest BCUT2D eigenvalue weighted by Crippen LogP contribution is -2.42. The average Bonchev–Trinajstić information content (AvgIpc) is 2.39. The van der Waals surface area contributed by atoms with Crippen molar-refractivity contribution in [3.05, 3.63) is 0 Å². The third-order valence-electron chi connectivity index (χ3n) is 2.97. The Bertz CT molecular complexity index is 279. The Hall–Kier alpha value is -1.26. The fourth-order valence-corrected chi connectivity index (χ4v) is 1.90. The summed E-state index contributed by atoms with van der Waals surface area (Å²) in [6.45, 7) is 10.0. The molecule has 0 aromatic rings. The van der Waals surface area contributed by atoms with E-state index in [1.165, 1.54) is 32.6 Å². The van der Waals surface area contributed by atoms with Gasteiger partial charge in [-0.3, -0.25) is 9.79 Å². The fourth-order valence-electron chi connectivity index (χ4n) is 1.90. The SMILES string of the molecule is CCCCCCC(C)NC(=NCCNC(C)=O)NCC. The largest absolute Gasteiger partial charge is 0.357 e. The summed E-state index contributed by atoms with van der Waals surface area (Å²) in [5.41, 5.74) is 0. The number of amides is 1. The number of unbranched alkanes of at least 4 members (excludes halogenated alkanes) is 3. The van der Waals surface area contributed by atoms with Crippen LogP contribution in [0.2, 0.25) is 0 Å². The Balaban J connectivity index is 3.97. The lowest BCUT2D eigenvalue weighted by molar-refractivity contribution is -0.118. The summed E-state index contributed by atoms with van der Waals surface area (Å²) >= 11 is 0. The Morgan fingerprint density at radius 2 is 1.90 bits per heavy atom. The summed E-state index contributed by atoms with van der Waals surface area (Å²) in [5, 5.41) is 9.38. The van der Waals surface area contributed by atoms with Gasteiger partial charge in [0.15, 0.2) is 5.96 Å². The number of carbonyl (C=O) groups is 1. The number of hydrogen-bond acceptors (Lipinski definition) is 2. The van der Waals surface area contributed by atoms with Gasteiger partial charge in [-0.2, -0.15) is 0 Å². The van der Waals surface area contributed by atoms with Gasteiger partial charge in [-0.15, -0.1) is 0 Å². The van der Waals surface area contributed by atoms with E-state index < -0.39 is 0 Å². The zero-order valence-electron chi connectivity index (χ0n) is 13.6. The molecule has 0 radical (unpaired) electrons. The van der Waals surface area contributed by atoms with E-state index in [4.69, 9.17) is 0 Å². The molecular weight excluding hydrogens is 252 g/mol. The Labute approximate surface area is 124 Å². The number of nitrogens with zero attached hydrogens (tertiary/aromatic N) is 1. The van der Waals surface area contributed by atoms with Crippen LogP contribution in [0.4, 0.5) is 0 Å². The van der Waals surface area contributed by atoms with Crippen LogP contribution < -0.4 is 16.0 Å². The average molecular weight is 284 g/mol. The molecule has 20 heavy (non-hydrogen) atoms. The summed E-state index contributed by atoms with van der Waals surface area (Å²) < 4.78 is 0. The molecule has 5 nitrogen and oxygen atoms in total. The van der Waals surface area contributed by atoms with Crippen molar-refractivity contribution >= 4 is 11.9 Å². The first-order valence-electron chi connectivity index (χ1n) is 7.89. The van der Waals surface area contributed by atoms with Crippen LogP contribution in [0.15, 0.2) is 4.99 Å². The molecule has 0 spiro atoms. The third-order valence-corrected chi connectivity index (χ3v) is 2.97. The van der Waals surface area contributed by atoms with Crippen LogP contribution >= 0.6 is 0 Å². The molecule has 0 aliphatic carbocycles. The van der Waals surface area contributed by atoms with E-state index in [1.54, 1.807) is 0 Å². The molecule has 0 saturated heterocycles. The molecule has 118 valence electrons. The van der Waals surface area contributed by atoms with Crippen LogP contribution in [0.1, 0.15) is 59.8 Å². The highest BCUT2D eigenvalue weighted by Crippen LogP contribution is 2.04. The number of hydrogen-bond donors (Lipinski definition) is 3. The summed E-state index contributed by atoms with van der Waals surface area (Å²) in [5.74, 6) is 0.822. The molecule has 0 aliphatic rings. The van der Waals surface area contributed by atoms with E-state index in [2.05, 4.69) is 41.7 Å². The lowest BCUT2D eigenvalue weighted by Gasteiger charge is -2.17. The second-order valence-electron chi connectivity index (χ2n) is 5.14. The summed E-state index contributed by atoms with van der Waals surface area (Å²) in [4.78, 5) is 15.2.